The third-order valence-corrected chi connectivity index (χ3v) is 3.64. The first-order valence-corrected chi connectivity index (χ1v) is 6.93. The van der Waals surface area contributed by atoms with Crippen LogP contribution < -0.4 is 9.47 Å². The Kier molecular flexibility index (Phi) is 3.71. The number of H-pyrrole nitrogens is 1. The summed E-state index contributed by atoms with van der Waals surface area (Å²) >= 11 is 6.14. The van der Waals surface area contributed by atoms with Crippen molar-refractivity contribution in [3.05, 3.63) is 52.8 Å². The first-order valence-electron chi connectivity index (χ1n) is 6.55. The maximum Gasteiger partial charge on any atom is 0.161 e. The van der Waals surface area contributed by atoms with E-state index in [1.807, 2.05) is 36.4 Å². The average Bonchev–Trinajstić information content (AvgIpc) is 2.91. The molecule has 2 aromatic carbocycles. The Morgan fingerprint density at radius 3 is 2.62 bits per heavy atom. The molecular weight excluding hydrogens is 288 g/mol. The van der Waals surface area contributed by atoms with Crippen LogP contribution in [-0.4, -0.2) is 24.2 Å². The average molecular weight is 303 g/mol. The number of aromatic amines is 1. The van der Waals surface area contributed by atoms with E-state index in [9.17, 15) is 0 Å². The molecule has 108 valence electrons. The van der Waals surface area contributed by atoms with Crippen molar-refractivity contribution in [2.75, 3.05) is 14.2 Å². The predicted molar refractivity (Wildman–Crippen MR) is 83.5 cm³/mol. The number of aromatic nitrogens is 2. The second-order valence-electron chi connectivity index (χ2n) is 4.69. The van der Waals surface area contributed by atoms with E-state index in [0.717, 1.165) is 22.4 Å². The van der Waals surface area contributed by atoms with Crippen LogP contribution in [0.3, 0.4) is 0 Å². The van der Waals surface area contributed by atoms with Crippen LogP contribution in [0.1, 0.15) is 11.4 Å². The molecule has 0 aliphatic carbocycles. The van der Waals surface area contributed by atoms with Gasteiger partial charge in [-0.05, 0) is 29.8 Å². The van der Waals surface area contributed by atoms with Crippen LogP contribution in [0.4, 0.5) is 0 Å². The van der Waals surface area contributed by atoms with Gasteiger partial charge in [0.2, 0.25) is 0 Å². The fourth-order valence-electron chi connectivity index (χ4n) is 2.32. The molecule has 3 aromatic rings. The van der Waals surface area contributed by atoms with Gasteiger partial charge in [-0.1, -0.05) is 23.7 Å². The van der Waals surface area contributed by atoms with Gasteiger partial charge in [-0.3, -0.25) is 0 Å². The molecule has 0 aliphatic heterocycles. The monoisotopic (exact) mass is 302 g/mol. The van der Waals surface area contributed by atoms with Crippen molar-refractivity contribution < 1.29 is 9.47 Å². The number of halogens is 1. The van der Waals surface area contributed by atoms with Crippen LogP contribution in [0.5, 0.6) is 11.5 Å². The van der Waals surface area contributed by atoms with Crippen molar-refractivity contribution in [1.82, 2.24) is 9.97 Å². The molecule has 0 saturated heterocycles. The number of fused-ring (bicyclic) bond motifs is 1. The minimum Gasteiger partial charge on any atom is -0.493 e. The number of para-hydroxylation sites is 1. The largest absolute Gasteiger partial charge is 0.493 e. The molecular formula is C16H15ClN2O2. The third kappa shape index (κ3) is 2.67. The van der Waals surface area contributed by atoms with Gasteiger partial charge < -0.3 is 14.5 Å². The molecule has 1 aromatic heterocycles. The number of nitrogens with one attached hydrogen (secondary N) is 1. The van der Waals surface area contributed by atoms with Gasteiger partial charge >= 0.3 is 0 Å². The SMILES string of the molecule is COc1ccc(Cc2nc3c(Cl)cccc3[nH]2)cc1OC. The molecule has 5 heteroatoms. The summed E-state index contributed by atoms with van der Waals surface area (Å²) in [6, 6.07) is 11.5. The van der Waals surface area contributed by atoms with Crippen LogP contribution in [0, 0.1) is 0 Å². The Labute approximate surface area is 127 Å². The first kappa shape index (κ1) is 13.8. The number of benzene rings is 2. The molecule has 0 unspecified atom stereocenters. The molecule has 0 spiro atoms. The van der Waals surface area contributed by atoms with E-state index in [4.69, 9.17) is 21.1 Å². The van der Waals surface area contributed by atoms with E-state index >= 15 is 0 Å². The van der Waals surface area contributed by atoms with E-state index < -0.39 is 0 Å². The molecule has 21 heavy (non-hydrogen) atoms. The van der Waals surface area contributed by atoms with Crippen LogP contribution in [0.2, 0.25) is 5.02 Å². The topological polar surface area (TPSA) is 47.1 Å². The van der Waals surface area contributed by atoms with Crippen molar-refractivity contribution in [3.63, 3.8) is 0 Å². The predicted octanol–water partition coefficient (Wildman–Crippen LogP) is 3.82. The van der Waals surface area contributed by atoms with Crippen LogP contribution >= 0.6 is 11.6 Å². The summed E-state index contributed by atoms with van der Waals surface area (Å²) in [5.41, 5.74) is 2.83. The molecule has 0 radical (unpaired) electrons. The smallest absolute Gasteiger partial charge is 0.161 e. The molecule has 0 atom stereocenters. The molecule has 0 bridgehead atoms. The van der Waals surface area contributed by atoms with Gasteiger partial charge in [-0.2, -0.15) is 0 Å². The Morgan fingerprint density at radius 2 is 1.90 bits per heavy atom. The van der Waals surface area contributed by atoms with Gasteiger partial charge in [0, 0.05) is 6.42 Å². The van der Waals surface area contributed by atoms with E-state index in [1.54, 1.807) is 14.2 Å². The number of imidazole rings is 1. The summed E-state index contributed by atoms with van der Waals surface area (Å²) in [4.78, 5) is 7.83. The highest BCUT2D eigenvalue weighted by atomic mass is 35.5. The fourth-order valence-corrected chi connectivity index (χ4v) is 2.53. The Hall–Kier alpha value is -2.20. The van der Waals surface area contributed by atoms with Crippen molar-refractivity contribution >= 4 is 22.6 Å². The molecule has 4 nitrogen and oxygen atoms in total. The van der Waals surface area contributed by atoms with Crippen LogP contribution in [0.15, 0.2) is 36.4 Å². The number of rotatable bonds is 4. The minimum atomic E-state index is 0.655. The van der Waals surface area contributed by atoms with Gasteiger partial charge in [0.1, 0.15) is 11.3 Å². The highest BCUT2D eigenvalue weighted by Crippen LogP contribution is 2.29. The number of hydrogen-bond acceptors (Lipinski definition) is 3. The maximum absolute atomic E-state index is 6.14. The standard InChI is InChI=1S/C16H15ClN2O2/c1-20-13-7-6-10(8-14(13)21-2)9-15-18-12-5-3-4-11(17)16(12)19-15/h3-8H,9H2,1-2H3,(H,18,19). The third-order valence-electron chi connectivity index (χ3n) is 3.33. The van der Waals surface area contributed by atoms with E-state index in [-0.39, 0.29) is 0 Å². The van der Waals surface area contributed by atoms with E-state index in [1.165, 1.54) is 0 Å². The van der Waals surface area contributed by atoms with Crippen molar-refractivity contribution in [2.24, 2.45) is 0 Å². The van der Waals surface area contributed by atoms with Gasteiger partial charge in [0.05, 0.1) is 24.8 Å². The highest BCUT2D eigenvalue weighted by Gasteiger charge is 2.09. The highest BCUT2D eigenvalue weighted by molar-refractivity contribution is 6.34. The quantitative estimate of drug-likeness (QED) is 0.797. The normalized spacial score (nSPS) is 10.8. The summed E-state index contributed by atoms with van der Waals surface area (Å²) in [7, 11) is 3.25. The number of hydrogen-bond donors (Lipinski definition) is 1. The van der Waals surface area contributed by atoms with Crippen molar-refractivity contribution in [2.45, 2.75) is 6.42 Å². The van der Waals surface area contributed by atoms with E-state index in [2.05, 4.69) is 9.97 Å². The summed E-state index contributed by atoms with van der Waals surface area (Å²) in [5, 5.41) is 0.655. The zero-order valence-corrected chi connectivity index (χ0v) is 12.6. The van der Waals surface area contributed by atoms with Crippen molar-refractivity contribution in [3.8, 4) is 11.5 Å². The lowest BCUT2D eigenvalue weighted by molar-refractivity contribution is 0.354. The molecule has 0 fully saturated rings. The molecule has 1 N–H and O–H groups in total. The summed E-state index contributed by atoms with van der Waals surface area (Å²) < 4.78 is 10.6. The maximum atomic E-state index is 6.14. The summed E-state index contributed by atoms with van der Waals surface area (Å²) in [5.74, 6) is 2.29. The zero-order chi connectivity index (χ0) is 14.8. The van der Waals surface area contributed by atoms with Crippen LogP contribution in [-0.2, 0) is 6.42 Å². The molecule has 0 aliphatic rings. The summed E-state index contributed by atoms with van der Waals surface area (Å²) in [6.07, 6.45) is 0.672. The van der Waals surface area contributed by atoms with Gasteiger partial charge in [-0.15, -0.1) is 0 Å². The van der Waals surface area contributed by atoms with Gasteiger partial charge in [-0.25, -0.2) is 4.98 Å². The number of ether oxygens (including phenoxy) is 2. The fraction of sp³-hybridized carbons (Fsp3) is 0.188. The lowest BCUT2D eigenvalue weighted by Gasteiger charge is -2.08. The molecule has 0 saturated carbocycles. The lowest BCUT2D eigenvalue weighted by atomic mass is 10.1. The Morgan fingerprint density at radius 1 is 1.10 bits per heavy atom. The molecule has 1 heterocycles. The lowest BCUT2D eigenvalue weighted by Crippen LogP contribution is -1.94. The second kappa shape index (κ2) is 5.66. The second-order valence-corrected chi connectivity index (χ2v) is 5.09. The number of methoxy groups -OCH3 is 2. The van der Waals surface area contributed by atoms with Gasteiger partial charge in [0.25, 0.3) is 0 Å². The molecule has 3 rings (SSSR count). The Bertz CT molecular complexity index is 783. The number of nitrogens with zero attached hydrogens (tertiary/aromatic N) is 1. The zero-order valence-electron chi connectivity index (χ0n) is 11.8. The van der Waals surface area contributed by atoms with Crippen molar-refractivity contribution in [1.29, 1.82) is 0 Å². The minimum absolute atomic E-state index is 0.655. The van der Waals surface area contributed by atoms with Gasteiger partial charge in [0.15, 0.2) is 11.5 Å². The first-order chi connectivity index (χ1) is 10.2. The van der Waals surface area contributed by atoms with Crippen LogP contribution in [0.25, 0.3) is 11.0 Å². The Balaban J connectivity index is 1.93. The van der Waals surface area contributed by atoms with E-state index in [0.29, 0.717) is 22.9 Å². The summed E-state index contributed by atoms with van der Waals surface area (Å²) in [6.45, 7) is 0. The molecule has 0 amide bonds.